The van der Waals surface area contributed by atoms with Crippen molar-refractivity contribution in [1.29, 1.82) is 0 Å². The van der Waals surface area contributed by atoms with Gasteiger partial charge in [-0.05, 0) is 53.4 Å². The van der Waals surface area contributed by atoms with Gasteiger partial charge in [-0.15, -0.1) is 0 Å². The molecule has 4 nitrogen and oxygen atoms in total. The molecule has 4 rings (SSSR count). The van der Waals surface area contributed by atoms with Gasteiger partial charge in [-0.2, -0.15) is 0 Å². The molecule has 0 saturated carbocycles. The maximum absolute atomic E-state index is 12.6. The van der Waals surface area contributed by atoms with Crippen molar-refractivity contribution in [3.63, 3.8) is 0 Å². The third-order valence-electron chi connectivity index (χ3n) is 5.17. The Morgan fingerprint density at radius 3 is 2.58 bits per heavy atom. The Bertz CT molecular complexity index is 1060. The van der Waals surface area contributed by atoms with Crippen LogP contribution in [0.1, 0.15) is 40.7 Å². The van der Waals surface area contributed by atoms with Gasteiger partial charge in [0.05, 0.1) is 12.0 Å². The number of nitrogens with one attached hydrogen (secondary N) is 1. The Labute approximate surface area is 196 Å². The molecule has 1 aliphatic heterocycles. The van der Waals surface area contributed by atoms with E-state index in [1.807, 2.05) is 30.5 Å². The van der Waals surface area contributed by atoms with Gasteiger partial charge in [0, 0.05) is 28.4 Å². The average molecular weight is 473 g/mol. The van der Waals surface area contributed by atoms with Crippen LogP contribution in [0.25, 0.3) is 0 Å². The third-order valence-corrected chi connectivity index (χ3v) is 6.84. The maximum atomic E-state index is 12.6. The number of carbonyl (C=O) groups excluding carboxylic acids is 1. The summed E-state index contributed by atoms with van der Waals surface area (Å²) in [5.74, 6) is 0.792. The lowest BCUT2D eigenvalue weighted by atomic mass is 10.1. The van der Waals surface area contributed by atoms with Gasteiger partial charge in [-0.25, -0.2) is 0 Å². The van der Waals surface area contributed by atoms with Crippen molar-refractivity contribution >= 4 is 40.1 Å². The van der Waals surface area contributed by atoms with E-state index in [1.54, 1.807) is 18.2 Å². The standard InChI is InChI=1S/C24H22Cl2N2O2S/c1-2-15-3-7-18(27-14-15)11-12-30-19-8-4-16(5-9-19)23-28-22(24(29)31-23)20-10-6-17(25)13-21(20)26/h3-10,13-14,22-23,28H,2,11-12H2,1H3. The Hall–Kier alpha value is -2.05. The van der Waals surface area contributed by atoms with Gasteiger partial charge in [0.25, 0.3) is 0 Å². The summed E-state index contributed by atoms with van der Waals surface area (Å²) in [6, 6.07) is 16.7. The molecule has 1 fully saturated rings. The summed E-state index contributed by atoms with van der Waals surface area (Å²) in [5.41, 5.74) is 4.00. The predicted octanol–water partition coefficient (Wildman–Crippen LogP) is 6.18. The van der Waals surface area contributed by atoms with Crippen molar-refractivity contribution in [3.05, 3.63) is 93.2 Å². The van der Waals surface area contributed by atoms with Crippen molar-refractivity contribution in [2.75, 3.05) is 6.61 Å². The van der Waals surface area contributed by atoms with Gasteiger partial charge in [0.2, 0.25) is 5.12 Å². The second kappa shape index (κ2) is 10.0. The van der Waals surface area contributed by atoms with Gasteiger partial charge in [0.1, 0.15) is 11.8 Å². The van der Waals surface area contributed by atoms with E-state index in [2.05, 4.69) is 29.4 Å². The normalized spacial score (nSPS) is 18.4. The number of benzene rings is 2. The maximum Gasteiger partial charge on any atom is 0.212 e. The first-order chi connectivity index (χ1) is 15.0. The van der Waals surface area contributed by atoms with E-state index in [0.29, 0.717) is 16.7 Å². The Balaban J connectivity index is 1.34. The summed E-state index contributed by atoms with van der Waals surface area (Å²) in [6.07, 6.45) is 3.66. The number of halogens is 2. The number of hydrogen-bond donors (Lipinski definition) is 1. The van der Waals surface area contributed by atoms with Crippen molar-refractivity contribution in [2.45, 2.75) is 31.2 Å². The Morgan fingerprint density at radius 1 is 1.10 bits per heavy atom. The monoisotopic (exact) mass is 472 g/mol. The number of thioether (sulfide) groups is 1. The zero-order chi connectivity index (χ0) is 21.8. The molecule has 0 amide bonds. The molecule has 1 aliphatic rings. The molecule has 0 bridgehead atoms. The number of pyridine rings is 1. The molecule has 31 heavy (non-hydrogen) atoms. The third kappa shape index (κ3) is 5.42. The van der Waals surface area contributed by atoms with Crippen LogP contribution in [0.15, 0.2) is 60.8 Å². The van der Waals surface area contributed by atoms with Crippen LogP contribution in [-0.4, -0.2) is 16.7 Å². The number of hydrogen-bond acceptors (Lipinski definition) is 5. The smallest absolute Gasteiger partial charge is 0.212 e. The molecule has 7 heteroatoms. The summed E-state index contributed by atoms with van der Waals surface area (Å²) in [5, 5.41) is 4.30. The minimum Gasteiger partial charge on any atom is -0.493 e. The highest BCUT2D eigenvalue weighted by molar-refractivity contribution is 8.14. The zero-order valence-electron chi connectivity index (χ0n) is 17.0. The summed E-state index contributed by atoms with van der Waals surface area (Å²) in [7, 11) is 0. The van der Waals surface area contributed by atoms with Crippen LogP contribution < -0.4 is 10.1 Å². The molecular weight excluding hydrogens is 451 g/mol. The van der Waals surface area contributed by atoms with Crippen LogP contribution in [0.3, 0.4) is 0 Å². The van der Waals surface area contributed by atoms with Crippen molar-refractivity contribution < 1.29 is 9.53 Å². The van der Waals surface area contributed by atoms with E-state index in [4.69, 9.17) is 27.9 Å². The number of aryl methyl sites for hydroxylation is 1. The SMILES string of the molecule is CCc1ccc(CCOc2ccc(C3NC(c4ccc(Cl)cc4Cl)C(=O)S3)cc2)nc1. The largest absolute Gasteiger partial charge is 0.493 e. The summed E-state index contributed by atoms with van der Waals surface area (Å²) >= 11 is 13.5. The fraction of sp³-hybridized carbons (Fsp3) is 0.250. The highest BCUT2D eigenvalue weighted by atomic mass is 35.5. The summed E-state index contributed by atoms with van der Waals surface area (Å²) in [4.78, 5) is 17.0. The number of carbonyl (C=O) groups is 1. The Kier molecular flexibility index (Phi) is 7.18. The number of nitrogens with zero attached hydrogens (tertiary/aromatic N) is 1. The zero-order valence-corrected chi connectivity index (χ0v) is 19.3. The quantitative estimate of drug-likeness (QED) is 0.445. The molecule has 2 aromatic carbocycles. The van der Waals surface area contributed by atoms with Crippen molar-refractivity contribution in [1.82, 2.24) is 10.3 Å². The van der Waals surface area contributed by atoms with E-state index in [0.717, 1.165) is 35.4 Å². The minimum absolute atomic E-state index is 0.0381. The van der Waals surface area contributed by atoms with E-state index in [1.165, 1.54) is 17.3 Å². The van der Waals surface area contributed by atoms with Gasteiger partial charge >= 0.3 is 0 Å². The van der Waals surface area contributed by atoms with Crippen LogP contribution in [0, 0.1) is 0 Å². The number of rotatable bonds is 7. The second-order valence-corrected chi connectivity index (χ2v) is 9.21. The highest BCUT2D eigenvalue weighted by Crippen LogP contribution is 2.42. The van der Waals surface area contributed by atoms with Gasteiger partial charge in [-0.3, -0.25) is 15.1 Å². The van der Waals surface area contributed by atoms with Crippen LogP contribution >= 0.6 is 35.0 Å². The van der Waals surface area contributed by atoms with Crippen LogP contribution in [0.5, 0.6) is 5.75 Å². The molecule has 0 aliphatic carbocycles. The topological polar surface area (TPSA) is 51.2 Å². The summed E-state index contributed by atoms with van der Waals surface area (Å²) < 4.78 is 5.86. The second-order valence-electron chi connectivity index (χ2n) is 7.26. The molecule has 1 saturated heterocycles. The number of ether oxygens (including phenoxy) is 1. The molecule has 2 unspecified atom stereocenters. The molecule has 2 atom stereocenters. The molecule has 160 valence electrons. The van der Waals surface area contributed by atoms with E-state index >= 15 is 0 Å². The first-order valence-corrected chi connectivity index (χ1v) is 11.7. The van der Waals surface area contributed by atoms with Crippen molar-refractivity contribution in [3.8, 4) is 5.75 Å². The molecule has 1 aromatic heterocycles. The molecule has 2 heterocycles. The fourth-order valence-electron chi connectivity index (χ4n) is 3.38. The number of aromatic nitrogens is 1. The first kappa shape index (κ1) is 22.2. The average Bonchev–Trinajstić information content (AvgIpc) is 3.16. The molecular formula is C24H22Cl2N2O2S. The molecule has 0 spiro atoms. The minimum atomic E-state index is -0.456. The predicted molar refractivity (Wildman–Crippen MR) is 127 cm³/mol. The van der Waals surface area contributed by atoms with Crippen LogP contribution in [0.4, 0.5) is 0 Å². The fourth-order valence-corrected chi connectivity index (χ4v) is 4.96. The van der Waals surface area contributed by atoms with Crippen LogP contribution in [-0.2, 0) is 17.6 Å². The molecule has 1 N–H and O–H groups in total. The first-order valence-electron chi connectivity index (χ1n) is 10.1. The van der Waals surface area contributed by atoms with E-state index in [9.17, 15) is 4.79 Å². The summed E-state index contributed by atoms with van der Waals surface area (Å²) in [6.45, 7) is 2.68. The van der Waals surface area contributed by atoms with Crippen LogP contribution in [0.2, 0.25) is 10.0 Å². The van der Waals surface area contributed by atoms with E-state index in [-0.39, 0.29) is 10.5 Å². The highest BCUT2D eigenvalue weighted by Gasteiger charge is 2.35. The van der Waals surface area contributed by atoms with Gasteiger partial charge in [0.15, 0.2) is 0 Å². The van der Waals surface area contributed by atoms with Crippen molar-refractivity contribution in [2.24, 2.45) is 0 Å². The Morgan fingerprint density at radius 2 is 1.90 bits per heavy atom. The molecule has 3 aromatic rings. The molecule has 0 radical (unpaired) electrons. The lowest BCUT2D eigenvalue weighted by Crippen LogP contribution is -2.20. The van der Waals surface area contributed by atoms with Gasteiger partial charge in [-0.1, -0.05) is 66.2 Å². The van der Waals surface area contributed by atoms with E-state index < -0.39 is 6.04 Å². The lowest BCUT2D eigenvalue weighted by Gasteiger charge is -2.14. The van der Waals surface area contributed by atoms with Gasteiger partial charge < -0.3 is 4.74 Å². The lowest BCUT2D eigenvalue weighted by molar-refractivity contribution is -0.112.